The first kappa shape index (κ1) is 26.8. The Labute approximate surface area is 237 Å². The second-order valence-corrected chi connectivity index (χ2v) is 11.3. The van der Waals surface area contributed by atoms with Crippen LogP contribution in [0, 0.1) is 0 Å². The smallest absolute Gasteiger partial charge is 0.255 e. The van der Waals surface area contributed by atoms with Gasteiger partial charge in [0.25, 0.3) is 5.91 Å². The number of ether oxygens (including phenoxy) is 2. The standard InChI is InChI=1S/C31H30N2O4S2/c1-36-26-16-15-23(19-27(26)37-2)30(35)33-25(20-39-31(33)28-14-9-17-38-28)29(34)32-24(22-12-7-4-8-13-22)18-21-10-5-3-6-11-21/h3-17,19,24-25,31H,18,20H2,1-2H3,(H,32,34). The number of methoxy groups -OCH3 is 2. The van der Waals surface area contributed by atoms with Crippen LogP contribution in [0.25, 0.3) is 0 Å². The van der Waals surface area contributed by atoms with Gasteiger partial charge in [0, 0.05) is 16.2 Å². The van der Waals surface area contributed by atoms with Crippen molar-refractivity contribution in [3.05, 3.63) is 118 Å². The maximum atomic E-state index is 14.0. The zero-order valence-corrected chi connectivity index (χ0v) is 23.4. The molecule has 1 saturated heterocycles. The molecule has 1 aromatic heterocycles. The second kappa shape index (κ2) is 12.4. The second-order valence-electron chi connectivity index (χ2n) is 9.16. The zero-order chi connectivity index (χ0) is 27.2. The molecule has 0 spiro atoms. The van der Waals surface area contributed by atoms with Crippen LogP contribution in [0.5, 0.6) is 11.5 Å². The summed E-state index contributed by atoms with van der Waals surface area (Å²) in [6, 6.07) is 28.3. The van der Waals surface area contributed by atoms with Crippen molar-refractivity contribution in [3.63, 3.8) is 0 Å². The molecule has 3 aromatic carbocycles. The fourth-order valence-electron chi connectivity index (χ4n) is 4.78. The lowest BCUT2D eigenvalue weighted by molar-refractivity contribution is -0.125. The molecule has 1 aliphatic rings. The van der Waals surface area contributed by atoms with Crippen LogP contribution in [-0.4, -0.2) is 42.7 Å². The average Bonchev–Trinajstić information content (AvgIpc) is 3.67. The molecule has 2 heterocycles. The molecule has 3 atom stereocenters. The van der Waals surface area contributed by atoms with Crippen LogP contribution in [0.15, 0.2) is 96.4 Å². The Balaban J connectivity index is 1.45. The molecule has 0 aliphatic carbocycles. The molecule has 8 heteroatoms. The molecule has 5 rings (SSSR count). The van der Waals surface area contributed by atoms with Gasteiger partial charge >= 0.3 is 0 Å². The van der Waals surface area contributed by atoms with Crippen LogP contribution in [0.4, 0.5) is 0 Å². The Morgan fingerprint density at radius 2 is 1.64 bits per heavy atom. The Hall–Kier alpha value is -3.75. The molecule has 6 nitrogen and oxygen atoms in total. The molecule has 200 valence electrons. The number of benzene rings is 3. The molecule has 0 radical (unpaired) electrons. The first-order valence-corrected chi connectivity index (χ1v) is 14.6. The highest BCUT2D eigenvalue weighted by atomic mass is 32.2. The third-order valence-corrected chi connectivity index (χ3v) is 9.13. The number of thioether (sulfide) groups is 1. The van der Waals surface area contributed by atoms with E-state index in [0.29, 0.717) is 29.2 Å². The predicted molar refractivity (Wildman–Crippen MR) is 156 cm³/mol. The maximum absolute atomic E-state index is 14.0. The zero-order valence-electron chi connectivity index (χ0n) is 21.8. The van der Waals surface area contributed by atoms with Crippen molar-refractivity contribution >= 4 is 34.9 Å². The average molecular weight is 559 g/mol. The number of thiophene rings is 1. The van der Waals surface area contributed by atoms with E-state index in [0.717, 1.165) is 16.0 Å². The molecule has 2 amide bonds. The van der Waals surface area contributed by atoms with E-state index in [1.807, 2.05) is 66.0 Å². The molecule has 3 unspecified atom stereocenters. The van der Waals surface area contributed by atoms with E-state index in [1.165, 1.54) is 0 Å². The monoisotopic (exact) mass is 558 g/mol. The van der Waals surface area contributed by atoms with Crippen molar-refractivity contribution in [3.8, 4) is 11.5 Å². The van der Waals surface area contributed by atoms with Crippen molar-refractivity contribution in [2.75, 3.05) is 20.0 Å². The van der Waals surface area contributed by atoms with E-state index in [1.54, 1.807) is 60.4 Å². The van der Waals surface area contributed by atoms with Gasteiger partial charge in [-0.25, -0.2) is 0 Å². The highest BCUT2D eigenvalue weighted by Crippen LogP contribution is 2.44. The molecular formula is C31H30N2O4S2. The number of carbonyl (C=O) groups is 2. The number of hydrogen-bond acceptors (Lipinski definition) is 6. The van der Waals surface area contributed by atoms with E-state index in [9.17, 15) is 9.59 Å². The van der Waals surface area contributed by atoms with Gasteiger partial charge in [-0.1, -0.05) is 66.7 Å². The minimum absolute atomic E-state index is 0.167. The van der Waals surface area contributed by atoms with Crippen LogP contribution >= 0.6 is 23.1 Å². The molecule has 39 heavy (non-hydrogen) atoms. The number of nitrogens with one attached hydrogen (secondary N) is 1. The predicted octanol–water partition coefficient (Wildman–Crippen LogP) is 6.12. The molecule has 1 fully saturated rings. The van der Waals surface area contributed by atoms with Gasteiger partial charge in [-0.2, -0.15) is 0 Å². The van der Waals surface area contributed by atoms with Crippen LogP contribution in [-0.2, 0) is 11.2 Å². The highest BCUT2D eigenvalue weighted by Gasteiger charge is 2.43. The number of carbonyl (C=O) groups excluding carboxylic acids is 2. The molecule has 1 aliphatic heterocycles. The topological polar surface area (TPSA) is 67.9 Å². The van der Waals surface area contributed by atoms with Gasteiger partial charge in [0.2, 0.25) is 5.91 Å². The van der Waals surface area contributed by atoms with Crippen molar-refractivity contribution in [2.45, 2.75) is 23.9 Å². The van der Waals surface area contributed by atoms with Crippen LogP contribution in [0.3, 0.4) is 0 Å². The Bertz CT molecular complexity index is 1400. The number of hydrogen-bond donors (Lipinski definition) is 1. The summed E-state index contributed by atoms with van der Waals surface area (Å²) in [5, 5.41) is 5.01. The number of amides is 2. The molecule has 0 bridgehead atoms. The van der Waals surface area contributed by atoms with Gasteiger partial charge in [-0.3, -0.25) is 9.59 Å². The highest BCUT2D eigenvalue weighted by molar-refractivity contribution is 7.99. The lowest BCUT2D eigenvalue weighted by Crippen LogP contribution is -2.49. The van der Waals surface area contributed by atoms with E-state index in [2.05, 4.69) is 17.4 Å². The minimum atomic E-state index is -0.635. The van der Waals surface area contributed by atoms with Crippen molar-refractivity contribution < 1.29 is 19.1 Å². The minimum Gasteiger partial charge on any atom is -0.493 e. The summed E-state index contributed by atoms with van der Waals surface area (Å²) < 4.78 is 10.8. The first-order valence-electron chi connectivity index (χ1n) is 12.7. The first-order chi connectivity index (χ1) is 19.1. The van der Waals surface area contributed by atoms with Gasteiger partial charge < -0.3 is 19.7 Å². The van der Waals surface area contributed by atoms with Gasteiger partial charge in [-0.15, -0.1) is 23.1 Å². The number of nitrogens with zero attached hydrogens (tertiary/aromatic N) is 1. The van der Waals surface area contributed by atoms with Crippen molar-refractivity contribution in [1.82, 2.24) is 10.2 Å². The quantitative estimate of drug-likeness (QED) is 0.268. The summed E-state index contributed by atoms with van der Waals surface area (Å²) in [6.07, 6.45) is 0.647. The number of rotatable bonds is 9. The largest absolute Gasteiger partial charge is 0.493 e. The SMILES string of the molecule is COc1ccc(C(=O)N2C(C(=O)NC(Cc3ccccc3)c3ccccc3)CSC2c2cccs2)cc1OC. The Morgan fingerprint density at radius 3 is 2.31 bits per heavy atom. The van der Waals surface area contributed by atoms with Crippen molar-refractivity contribution in [2.24, 2.45) is 0 Å². The summed E-state index contributed by atoms with van der Waals surface area (Å²) in [5.74, 6) is 1.12. The van der Waals surface area contributed by atoms with Crippen molar-refractivity contribution in [1.29, 1.82) is 0 Å². The Morgan fingerprint density at radius 1 is 0.923 bits per heavy atom. The molecular weight excluding hydrogens is 528 g/mol. The van der Waals surface area contributed by atoms with E-state index in [-0.39, 0.29) is 23.2 Å². The lowest BCUT2D eigenvalue weighted by atomic mass is 9.98. The molecule has 0 saturated carbocycles. The van der Waals surface area contributed by atoms with E-state index >= 15 is 0 Å². The summed E-state index contributed by atoms with van der Waals surface area (Å²) in [4.78, 5) is 30.7. The Kier molecular flexibility index (Phi) is 8.54. The van der Waals surface area contributed by atoms with Gasteiger partial charge in [-0.05, 0) is 47.2 Å². The summed E-state index contributed by atoms with van der Waals surface area (Å²) in [6.45, 7) is 0. The van der Waals surface area contributed by atoms with Gasteiger partial charge in [0.15, 0.2) is 11.5 Å². The third-order valence-electron chi connectivity index (χ3n) is 6.76. The van der Waals surface area contributed by atoms with Crippen LogP contribution in [0.2, 0.25) is 0 Å². The molecule has 1 N–H and O–H groups in total. The lowest BCUT2D eigenvalue weighted by Gasteiger charge is -2.30. The fraction of sp³-hybridized carbons (Fsp3) is 0.226. The van der Waals surface area contributed by atoms with Crippen LogP contribution < -0.4 is 14.8 Å². The molecule has 4 aromatic rings. The van der Waals surface area contributed by atoms with Gasteiger partial charge in [0.05, 0.1) is 20.3 Å². The summed E-state index contributed by atoms with van der Waals surface area (Å²) >= 11 is 3.20. The maximum Gasteiger partial charge on any atom is 0.255 e. The van der Waals surface area contributed by atoms with Crippen LogP contribution in [0.1, 0.15) is 37.8 Å². The van der Waals surface area contributed by atoms with E-state index < -0.39 is 6.04 Å². The van der Waals surface area contributed by atoms with E-state index in [4.69, 9.17) is 9.47 Å². The summed E-state index contributed by atoms with van der Waals surface area (Å²) in [5.41, 5.74) is 2.59. The normalized spacial score (nSPS) is 17.4. The van der Waals surface area contributed by atoms with Gasteiger partial charge in [0.1, 0.15) is 11.4 Å². The summed E-state index contributed by atoms with van der Waals surface area (Å²) in [7, 11) is 3.10. The third kappa shape index (κ3) is 5.97. The fourth-order valence-corrected chi connectivity index (χ4v) is 7.18.